The zero-order valence-corrected chi connectivity index (χ0v) is 17.7. The molecule has 0 fully saturated rings. The molecule has 1 amide bonds. The van der Waals surface area contributed by atoms with E-state index in [-0.39, 0.29) is 5.91 Å². The average molecular weight is 427 g/mol. The molecule has 0 saturated carbocycles. The Kier molecular flexibility index (Phi) is 4.98. The van der Waals surface area contributed by atoms with Crippen molar-refractivity contribution >= 4 is 16.9 Å². The molecule has 0 aliphatic heterocycles. The number of aryl methyl sites for hydroxylation is 1. The number of rotatable bonds is 6. The van der Waals surface area contributed by atoms with Crippen LogP contribution in [0.1, 0.15) is 21.7 Å². The molecule has 5 heterocycles. The van der Waals surface area contributed by atoms with Crippen LogP contribution < -0.4 is 0 Å². The van der Waals surface area contributed by atoms with Crippen molar-refractivity contribution < 1.29 is 9.21 Å². The number of hydrogen-bond acceptors (Lipinski definition) is 6. The smallest absolute Gasteiger partial charge is 0.254 e. The lowest BCUT2D eigenvalue weighted by Gasteiger charge is -2.17. The maximum atomic E-state index is 13.5. The van der Waals surface area contributed by atoms with Crippen LogP contribution in [-0.2, 0) is 20.1 Å². The standard InChI is InChI=1S/C23H21N7O2/c1-28(13-16-10-25-29(2)14-16)23(31)19-9-21(17-5-3-7-24-11-17)27-22-20(19)12-26-30(22)15-18-6-4-8-32-18/h3-12,14H,13,15H2,1-2H3. The van der Waals surface area contributed by atoms with Crippen LogP contribution in [0, 0.1) is 0 Å². The van der Waals surface area contributed by atoms with Crippen molar-refractivity contribution in [2.45, 2.75) is 13.1 Å². The maximum Gasteiger partial charge on any atom is 0.254 e. The van der Waals surface area contributed by atoms with E-state index >= 15 is 0 Å². The third-order valence-electron chi connectivity index (χ3n) is 5.21. The molecule has 0 aliphatic rings. The van der Waals surface area contributed by atoms with Gasteiger partial charge in [0.05, 0.1) is 35.3 Å². The van der Waals surface area contributed by atoms with Gasteiger partial charge in [-0.2, -0.15) is 10.2 Å². The number of furan rings is 1. The SMILES string of the molecule is CN(Cc1cnn(C)c1)C(=O)c1cc(-c2cccnc2)nc2c1cnn2Cc1ccco1. The van der Waals surface area contributed by atoms with Crippen molar-refractivity contribution in [1.29, 1.82) is 0 Å². The van der Waals surface area contributed by atoms with Crippen LogP contribution in [0.2, 0.25) is 0 Å². The van der Waals surface area contributed by atoms with Crippen LogP contribution in [0.4, 0.5) is 0 Å². The molecular weight excluding hydrogens is 406 g/mol. The minimum atomic E-state index is -0.121. The molecule has 9 nitrogen and oxygen atoms in total. The van der Waals surface area contributed by atoms with E-state index in [0.717, 1.165) is 16.9 Å². The minimum absolute atomic E-state index is 0.121. The van der Waals surface area contributed by atoms with Crippen molar-refractivity contribution in [3.05, 3.63) is 84.5 Å². The van der Waals surface area contributed by atoms with E-state index in [1.54, 1.807) is 58.4 Å². The number of fused-ring (bicyclic) bond motifs is 1. The Bertz CT molecular complexity index is 1370. The summed E-state index contributed by atoms with van der Waals surface area (Å²) < 4.78 is 8.93. The van der Waals surface area contributed by atoms with Gasteiger partial charge in [-0.15, -0.1) is 0 Å². The fourth-order valence-corrected chi connectivity index (χ4v) is 3.66. The first-order valence-corrected chi connectivity index (χ1v) is 10.1. The van der Waals surface area contributed by atoms with E-state index in [2.05, 4.69) is 15.2 Å². The Morgan fingerprint density at radius 1 is 1.16 bits per heavy atom. The summed E-state index contributed by atoms with van der Waals surface area (Å²) in [7, 11) is 3.63. The molecule has 0 N–H and O–H groups in total. The Morgan fingerprint density at radius 2 is 2.06 bits per heavy atom. The molecule has 160 valence electrons. The normalized spacial score (nSPS) is 11.2. The third kappa shape index (κ3) is 3.76. The van der Waals surface area contributed by atoms with Gasteiger partial charge in [0, 0.05) is 50.4 Å². The van der Waals surface area contributed by atoms with Gasteiger partial charge in [0.1, 0.15) is 12.3 Å². The van der Waals surface area contributed by atoms with Gasteiger partial charge in [-0.05, 0) is 30.3 Å². The quantitative estimate of drug-likeness (QED) is 0.413. The largest absolute Gasteiger partial charge is 0.467 e. The van der Waals surface area contributed by atoms with Gasteiger partial charge in [0.2, 0.25) is 0 Å². The first kappa shape index (κ1) is 19.7. The summed E-state index contributed by atoms with van der Waals surface area (Å²) in [6.07, 6.45) is 10.4. The van der Waals surface area contributed by atoms with Crippen LogP contribution in [0.3, 0.4) is 0 Å². The van der Waals surface area contributed by atoms with Gasteiger partial charge in [-0.25, -0.2) is 9.67 Å². The molecule has 0 radical (unpaired) electrons. The molecule has 5 aromatic rings. The van der Waals surface area contributed by atoms with E-state index in [1.165, 1.54) is 0 Å². The highest BCUT2D eigenvalue weighted by atomic mass is 16.3. The van der Waals surface area contributed by atoms with Gasteiger partial charge in [0.25, 0.3) is 5.91 Å². The summed E-state index contributed by atoms with van der Waals surface area (Å²) in [6.45, 7) is 0.860. The van der Waals surface area contributed by atoms with Gasteiger partial charge < -0.3 is 9.32 Å². The Hall–Kier alpha value is -4.27. The van der Waals surface area contributed by atoms with E-state index in [0.29, 0.717) is 35.4 Å². The minimum Gasteiger partial charge on any atom is -0.467 e. The molecule has 5 aromatic heterocycles. The van der Waals surface area contributed by atoms with E-state index in [1.807, 2.05) is 37.5 Å². The summed E-state index contributed by atoms with van der Waals surface area (Å²) in [5.41, 5.74) is 3.58. The third-order valence-corrected chi connectivity index (χ3v) is 5.21. The number of pyridine rings is 2. The summed E-state index contributed by atoms with van der Waals surface area (Å²) >= 11 is 0. The van der Waals surface area contributed by atoms with Crippen LogP contribution in [-0.4, -0.2) is 47.4 Å². The highest BCUT2D eigenvalue weighted by Crippen LogP contribution is 2.26. The van der Waals surface area contributed by atoms with Crippen molar-refractivity contribution in [1.82, 2.24) is 34.4 Å². The maximum absolute atomic E-state index is 13.5. The van der Waals surface area contributed by atoms with Crippen LogP contribution in [0.15, 0.2) is 72.0 Å². The number of hydrogen-bond donors (Lipinski definition) is 0. The van der Waals surface area contributed by atoms with Crippen LogP contribution in [0.25, 0.3) is 22.3 Å². The molecule has 0 aliphatic carbocycles. The molecule has 0 bridgehead atoms. The number of amides is 1. The molecule has 0 aromatic carbocycles. The second kappa shape index (κ2) is 8.10. The van der Waals surface area contributed by atoms with Crippen molar-refractivity contribution in [3.63, 3.8) is 0 Å². The summed E-state index contributed by atoms with van der Waals surface area (Å²) in [4.78, 5) is 24.2. The van der Waals surface area contributed by atoms with Gasteiger partial charge >= 0.3 is 0 Å². The molecular formula is C23H21N7O2. The molecule has 0 spiro atoms. The van der Waals surface area contributed by atoms with E-state index in [9.17, 15) is 4.79 Å². The van der Waals surface area contributed by atoms with Crippen molar-refractivity contribution in [2.24, 2.45) is 7.05 Å². The molecule has 32 heavy (non-hydrogen) atoms. The van der Waals surface area contributed by atoms with E-state index in [4.69, 9.17) is 9.40 Å². The molecule has 9 heteroatoms. The van der Waals surface area contributed by atoms with Crippen molar-refractivity contribution in [3.8, 4) is 11.3 Å². The zero-order chi connectivity index (χ0) is 22.1. The lowest BCUT2D eigenvalue weighted by atomic mass is 10.1. The number of carbonyl (C=O) groups excluding carboxylic acids is 1. The fourth-order valence-electron chi connectivity index (χ4n) is 3.66. The van der Waals surface area contributed by atoms with Crippen LogP contribution in [0.5, 0.6) is 0 Å². The summed E-state index contributed by atoms with van der Waals surface area (Å²) in [6, 6.07) is 9.28. The van der Waals surface area contributed by atoms with Gasteiger partial charge in [-0.1, -0.05) is 0 Å². The number of carbonyl (C=O) groups is 1. The first-order chi connectivity index (χ1) is 15.6. The average Bonchev–Trinajstić information content (AvgIpc) is 3.56. The summed E-state index contributed by atoms with van der Waals surface area (Å²) in [5.74, 6) is 0.633. The first-order valence-electron chi connectivity index (χ1n) is 10.1. The highest BCUT2D eigenvalue weighted by molar-refractivity contribution is 6.06. The lowest BCUT2D eigenvalue weighted by molar-refractivity contribution is 0.0787. The predicted octanol–water partition coefficient (Wildman–Crippen LogP) is 3.14. The number of nitrogens with zero attached hydrogens (tertiary/aromatic N) is 7. The topological polar surface area (TPSA) is 94.9 Å². The molecule has 0 atom stereocenters. The Labute approximate surface area is 183 Å². The lowest BCUT2D eigenvalue weighted by Crippen LogP contribution is -2.26. The fraction of sp³-hybridized carbons (Fsp3) is 0.174. The Morgan fingerprint density at radius 3 is 2.78 bits per heavy atom. The monoisotopic (exact) mass is 427 g/mol. The second-order valence-electron chi connectivity index (χ2n) is 7.60. The van der Waals surface area contributed by atoms with Gasteiger partial charge in [-0.3, -0.25) is 14.5 Å². The molecule has 0 saturated heterocycles. The molecule has 0 unspecified atom stereocenters. The van der Waals surface area contributed by atoms with E-state index < -0.39 is 0 Å². The highest BCUT2D eigenvalue weighted by Gasteiger charge is 2.21. The summed E-state index contributed by atoms with van der Waals surface area (Å²) in [5, 5.41) is 9.36. The van der Waals surface area contributed by atoms with Crippen molar-refractivity contribution in [2.75, 3.05) is 7.05 Å². The number of aromatic nitrogens is 6. The molecule has 5 rings (SSSR count). The van der Waals surface area contributed by atoms with Crippen LogP contribution >= 0.6 is 0 Å². The zero-order valence-electron chi connectivity index (χ0n) is 17.7. The van der Waals surface area contributed by atoms with Gasteiger partial charge in [0.15, 0.2) is 5.65 Å². The predicted molar refractivity (Wildman–Crippen MR) is 118 cm³/mol. The Balaban J connectivity index is 1.58. The second-order valence-corrected chi connectivity index (χ2v) is 7.60.